The number of methoxy groups -OCH3 is 1. The summed E-state index contributed by atoms with van der Waals surface area (Å²) in [5, 5.41) is 44.2. The third kappa shape index (κ3) is 2.66. The molecule has 36 heavy (non-hydrogen) atoms. The smallest absolute Gasteiger partial charge is 0.342 e. The van der Waals surface area contributed by atoms with Crippen molar-refractivity contribution in [1.29, 1.82) is 0 Å². The van der Waals surface area contributed by atoms with Gasteiger partial charge in [0.25, 0.3) is 0 Å². The molecule has 0 bridgehead atoms. The Morgan fingerprint density at radius 1 is 0.861 bits per heavy atom. The van der Waals surface area contributed by atoms with Gasteiger partial charge in [-0.15, -0.1) is 0 Å². The molecule has 2 aliphatic carbocycles. The summed E-state index contributed by atoms with van der Waals surface area (Å²) in [4.78, 5) is 39.6. The Morgan fingerprint density at radius 2 is 1.56 bits per heavy atom. The number of carbonyl (C=O) groups excluding carboxylic acids is 3. The van der Waals surface area contributed by atoms with Crippen molar-refractivity contribution >= 4 is 17.5 Å². The lowest BCUT2D eigenvalue weighted by Crippen LogP contribution is -2.27. The molecule has 2 atom stereocenters. The van der Waals surface area contributed by atoms with E-state index in [9.17, 15) is 34.8 Å². The Bertz CT molecular complexity index is 1570. The molecular formula is C27H20O9. The molecule has 9 nitrogen and oxygen atoms in total. The fraction of sp³-hybridized carbons (Fsp3) is 0.222. The van der Waals surface area contributed by atoms with Gasteiger partial charge < -0.3 is 29.9 Å². The van der Waals surface area contributed by atoms with E-state index in [1.807, 2.05) is 0 Å². The lowest BCUT2D eigenvalue weighted by Gasteiger charge is -2.33. The van der Waals surface area contributed by atoms with Gasteiger partial charge in [-0.1, -0.05) is 18.2 Å². The summed E-state index contributed by atoms with van der Waals surface area (Å²) in [6.07, 6.45) is -1.32. The average molecular weight is 488 g/mol. The highest BCUT2D eigenvalue weighted by molar-refractivity contribution is 6.32. The van der Waals surface area contributed by atoms with Crippen LogP contribution in [0.4, 0.5) is 0 Å². The number of aromatic hydroxyl groups is 3. The number of rotatable bonds is 1. The Balaban J connectivity index is 1.72. The number of esters is 1. The van der Waals surface area contributed by atoms with Gasteiger partial charge in [-0.05, 0) is 24.1 Å². The Hall–Kier alpha value is -4.37. The van der Waals surface area contributed by atoms with E-state index in [1.165, 1.54) is 25.3 Å². The van der Waals surface area contributed by atoms with E-state index in [2.05, 4.69) is 0 Å². The van der Waals surface area contributed by atoms with Crippen molar-refractivity contribution in [2.24, 2.45) is 0 Å². The molecule has 0 amide bonds. The fourth-order valence-electron chi connectivity index (χ4n) is 5.70. The summed E-state index contributed by atoms with van der Waals surface area (Å²) in [5.41, 5.74) is -0.0958. The first-order valence-electron chi connectivity index (χ1n) is 11.3. The van der Waals surface area contributed by atoms with Crippen molar-refractivity contribution in [3.05, 3.63) is 68.8 Å². The second-order valence-electron chi connectivity index (χ2n) is 9.21. The molecular weight excluding hydrogens is 468 g/mol. The summed E-state index contributed by atoms with van der Waals surface area (Å²) in [6, 6.07) is 5.71. The van der Waals surface area contributed by atoms with Crippen LogP contribution in [0.25, 0.3) is 11.1 Å². The van der Waals surface area contributed by atoms with Gasteiger partial charge in [0.2, 0.25) is 5.78 Å². The Morgan fingerprint density at radius 3 is 2.28 bits per heavy atom. The zero-order chi connectivity index (χ0) is 25.6. The molecule has 3 aromatic rings. The summed E-state index contributed by atoms with van der Waals surface area (Å²) >= 11 is 0. The second-order valence-corrected chi connectivity index (χ2v) is 9.21. The van der Waals surface area contributed by atoms with E-state index in [0.717, 1.165) is 0 Å². The number of benzene rings is 3. The van der Waals surface area contributed by atoms with E-state index < -0.39 is 47.0 Å². The molecule has 0 unspecified atom stereocenters. The topological polar surface area (TPSA) is 151 Å². The SMILES string of the molecule is COc1c2c(c(O)c3c1[C@H](O)Cc1cc4c(c(O)c1-3)C(=O)O[C@@H](C)C4)C(=O)c1cccc(O)c1C2=O. The highest BCUT2D eigenvalue weighted by Crippen LogP contribution is 2.56. The van der Waals surface area contributed by atoms with Crippen LogP contribution in [-0.4, -0.2) is 51.2 Å². The first-order valence-corrected chi connectivity index (χ1v) is 11.3. The zero-order valence-corrected chi connectivity index (χ0v) is 19.2. The maximum Gasteiger partial charge on any atom is 0.342 e. The third-order valence-corrected chi connectivity index (χ3v) is 7.12. The number of aliphatic hydroxyl groups is 1. The quantitative estimate of drug-likeness (QED) is 0.297. The molecule has 0 radical (unpaired) electrons. The van der Waals surface area contributed by atoms with Crippen molar-refractivity contribution in [3.8, 4) is 34.1 Å². The molecule has 1 aliphatic heterocycles. The highest BCUT2D eigenvalue weighted by atomic mass is 16.5. The molecule has 6 rings (SSSR count). The summed E-state index contributed by atoms with van der Waals surface area (Å²) in [6.45, 7) is 1.72. The van der Waals surface area contributed by atoms with Gasteiger partial charge >= 0.3 is 5.97 Å². The predicted molar refractivity (Wildman–Crippen MR) is 124 cm³/mol. The first kappa shape index (κ1) is 22.1. The number of ether oxygens (including phenoxy) is 2. The fourth-order valence-corrected chi connectivity index (χ4v) is 5.70. The lowest BCUT2D eigenvalue weighted by atomic mass is 9.74. The van der Waals surface area contributed by atoms with Crippen molar-refractivity contribution < 1.29 is 44.3 Å². The van der Waals surface area contributed by atoms with Gasteiger partial charge in [-0.3, -0.25) is 9.59 Å². The molecule has 1 heterocycles. The van der Waals surface area contributed by atoms with Crippen molar-refractivity contribution in [2.45, 2.75) is 32.0 Å². The van der Waals surface area contributed by atoms with Crippen LogP contribution in [0, 0.1) is 0 Å². The zero-order valence-electron chi connectivity index (χ0n) is 19.2. The molecule has 182 valence electrons. The van der Waals surface area contributed by atoms with E-state index in [1.54, 1.807) is 13.0 Å². The maximum atomic E-state index is 13.5. The second kappa shape index (κ2) is 7.32. The number of hydrogen-bond acceptors (Lipinski definition) is 9. The largest absolute Gasteiger partial charge is 0.507 e. The number of phenols is 3. The van der Waals surface area contributed by atoms with Crippen molar-refractivity contribution in [3.63, 3.8) is 0 Å². The standard InChI is InChI=1S/C27H20O9/c1-9-6-10-7-11-8-14(29)18-19(15(11)23(31)16(10)27(34)36-9)25(33)20-21(26(18)35-2)24(32)17-12(22(20)30)4-3-5-13(17)28/h3-5,7,9,14,28-29,31,33H,6,8H2,1-2H3/t9-,14+/m0/s1. The highest BCUT2D eigenvalue weighted by Gasteiger charge is 2.44. The van der Waals surface area contributed by atoms with Gasteiger partial charge in [0.15, 0.2) is 5.78 Å². The normalized spacial score (nSPS) is 19.5. The van der Waals surface area contributed by atoms with Crippen LogP contribution in [0.1, 0.15) is 71.9 Å². The van der Waals surface area contributed by atoms with Crippen LogP contribution < -0.4 is 4.74 Å². The molecule has 0 aromatic heterocycles. The Labute approximate surface area is 204 Å². The summed E-state index contributed by atoms with van der Waals surface area (Å²) in [5.74, 6) is -3.86. The molecule has 4 N–H and O–H groups in total. The van der Waals surface area contributed by atoms with Crippen LogP contribution in [0.5, 0.6) is 23.0 Å². The van der Waals surface area contributed by atoms with Gasteiger partial charge in [0, 0.05) is 35.1 Å². The number of aliphatic hydroxyl groups excluding tert-OH is 1. The van der Waals surface area contributed by atoms with Gasteiger partial charge in [0.1, 0.15) is 34.7 Å². The minimum atomic E-state index is -1.27. The first-order chi connectivity index (χ1) is 17.1. The minimum Gasteiger partial charge on any atom is -0.507 e. The van der Waals surface area contributed by atoms with E-state index >= 15 is 0 Å². The van der Waals surface area contributed by atoms with Crippen LogP contribution >= 0.6 is 0 Å². The monoisotopic (exact) mass is 488 g/mol. The summed E-state index contributed by atoms with van der Waals surface area (Å²) < 4.78 is 10.8. The molecule has 3 aromatic carbocycles. The average Bonchev–Trinajstić information content (AvgIpc) is 2.81. The molecule has 0 fully saturated rings. The van der Waals surface area contributed by atoms with Crippen molar-refractivity contribution in [2.75, 3.05) is 7.11 Å². The lowest BCUT2D eigenvalue weighted by molar-refractivity contribution is 0.0297. The molecule has 3 aliphatic rings. The number of carbonyl (C=O) groups is 3. The van der Waals surface area contributed by atoms with E-state index in [0.29, 0.717) is 17.5 Å². The number of fused-ring (bicyclic) bond motifs is 6. The summed E-state index contributed by atoms with van der Waals surface area (Å²) in [7, 11) is 1.25. The molecule has 0 saturated heterocycles. The van der Waals surface area contributed by atoms with Crippen LogP contribution in [-0.2, 0) is 17.6 Å². The number of ketones is 2. The maximum absolute atomic E-state index is 13.5. The molecule has 0 spiro atoms. The molecule has 9 heteroatoms. The van der Waals surface area contributed by atoms with Crippen LogP contribution in [0.2, 0.25) is 0 Å². The van der Waals surface area contributed by atoms with E-state index in [-0.39, 0.29) is 56.7 Å². The van der Waals surface area contributed by atoms with Gasteiger partial charge in [-0.25, -0.2) is 4.79 Å². The van der Waals surface area contributed by atoms with Crippen LogP contribution in [0.3, 0.4) is 0 Å². The number of hydrogen-bond donors (Lipinski definition) is 4. The molecule has 0 saturated carbocycles. The van der Waals surface area contributed by atoms with Gasteiger partial charge in [0.05, 0.1) is 29.9 Å². The number of phenolic OH excluding ortho intramolecular Hbond substituents is 3. The van der Waals surface area contributed by atoms with Crippen LogP contribution in [0.15, 0.2) is 24.3 Å². The third-order valence-electron chi connectivity index (χ3n) is 7.12. The van der Waals surface area contributed by atoms with Crippen molar-refractivity contribution in [1.82, 2.24) is 0 Å². The number of cyclic esters (lactones) is 1. The minimum absolute atomic E-state index is 0.00549. The van der Waals surface area contributed by atoms with E-state index in [4.69, 9.17) is 9.47 Å². The predicted octanol–water partition coefficient (Wildman–Crippen LogP) is 2.95. The Kier molecular flexibility index (Phi) is 4.49. The van der Waals surface area contributed by atoms with Gasteiger partial charge in [-0.2, -0.15) is 0 Å².